The van der Waals surface area contributed by atoms with Gasteiger partial charge in [-0.1, -0.05) is 30.3 Å². The summed E-state index contributed by atoms with van der Waals surface area (Å²) in [5.74, 6) is -0.629. The molecule has 0 bridgehead atoms. The Morgan fingerprint density at radius 3 is 2.45 bits per heavy atom. The summed E-state index contributed by atoms with van der Waals surface area (Å²) in [6, 6.07) is 9.04. The van der Waals surface area contributed by atoms with Gasteiger partial charge in [0.2, 0.25) is 0 Å². The van der Waals surface area contributed by atoms with Gasteiger partial charge in [0.25, 0.3) is 5.91 Å². The summed E-state index contributed by atoms with van der Waals surface area (Å²) in [6.07, 6.45) is 0.102. The predicted octanol–water partition coefficient (Wildman–Crippen LogP) is 1.52. The van der Waals surface area contributed by atoms with Crippen molar-refractivity contribution in [2.24, 2.45) is 5.18 Å². The third-order valence-electron chi connectivity index (χ3n) is 1.30. The van der Waals surface area contributed by atoms with Gasteiger partial charge in [-0.2, -0.15) is 0 Å². The minimum Gasteiger partial charge on any atom is -0.269 e. The van der Waals surface area contributed by atoms with Gasteiger partial charge in [-0.25, -0.2) is 0 Å². The van der Waals surface area contributed by atoms with Crippen molar-refractivity contribution in [1.29, 1.82) is 0 Å². The SMILES string of the molecule is O=NC(=O)Cc1ccccc1. The van der Waals surface area contributed by atoms with Crippen molar-refractivity contribution >= 4 is 5.91 Å². The first-order chi connectivity index (χ1) is 5.33. The van der Waals surface area contributed by atoms with Crippen molar-refractivity contribution in [3.8, 4) is 0 Å². The van der Waals surface area contributed by atoms with Crippen molar-refractivity contribution in [2.75, 3.05) is 0 Å². The van der Waals surface area contributed by atoms with E-state index in [1.54, 1.807) is 12.1 Å². The van der Waals surface area contributed by atoms with E-state index in [1.807, 2.05) is 18.2 Å². The Bertz CT molecular complexity index is 256. The fraction of sp³-hybridized carbons (Fsp3) is 0.125. The molecule has 0 aliphatic heterocycles. The maximum atomic E-state index is 10.5. The first-order valence-corrected chi connectivity index (χ1v) is 3.23. The fourth-order valence-corrected chi connectivity index (χ4v) is 0.803. The summed E-state index contributed by atoms with van der Waals surface area (Å²) < 4.78 is 0. The molecule has 11 heavy (non-hydrogen) atoms. The lowest BCUT2D eigenvalue weighted by Crippen LogP contribution is -1.96. The molecular formula is C8H7NO2. The molecule has 0 unspecified atom stereocenters. The first-order valence-electron chi connectivity index (χ1n) is 3.23. The van der Waals surface area contributed by atoms with Crippen LogP contribution in [0.5, 0.6) is 0 Å². The molecule has 0 saturated heterocycles. The average molecular weight is 149 g/mol. The van der Waals surface area contributed by atoms with Crippen molar-refractivity contribution in [1.82, 2.24) is 0 Å². The summed E-state index contributed by atoms with van der Waals surface area (Å²) in [5, 5.41) is 2.29. The van der Waals surface area contributed by atoms with E-state index in [0.717, 1.165) is 5.56 Å². The highest BCUT2D eigenvalue weighted by atomic mass is 16.3. The predicted molar refractivity (Wildman–Crippen MR) is 40.9 cm³/mol. The molecule has 1 rings (SSSR count). The molecule has 0 spiro atoms. The molecule has 0 aliphatic rings. The maximum Gasteiger partial charge on any atom is 0.290 e. The van der Waals surface area contributed by atoms with E-state index in [-0.39, 0.29) is 6.42 Å². The second-order valence-corrected chi connectivity index (χ2v) is 2.15. The second-order valence-electron chi connectivity index (χ2n) is 2.15. The Kier molecular flexibility index (Phi) is 2.49. The van der Waals surface area contributed by atoms with E-state index >= 15 is 0 Å². The molecule has 3 nitrogen and oxygen atoms in total. The van der Waals surface area contributed by atoms with Crippen molar-refractivity contribution in [2.45, 2.75) is 6.42 Å². The van der Waals surface area contributed by atoms with Crippen LogP contribution >= 0.6 is 0 Å². The molecule has 0 fully saturated rings. The quantitative estimate of drug-likeness (QED) is 0.598. The van der Waals surface area contributed by atoms with E-state index in [2.05, 4.69) is 5.18 Å². The molecule has 0 N–H and O–H groups in total. The summed E-state index contributed by atoms with van der Waals surface area (Å²) in [4.78, 5) is 20.2. The van der Waals surface area contributed by atoms with Gasteiger partial charge in [0, 0.05) is 5.18 Å². The Hall–Kier alpha value is -1.51. The minimum atomic E-state index is -0.629. The zero-order valence-corrected chi connectivity index (χ0v) is 5.86. The maximum absolute atomic E-state index is 10.5. The fourth-order valence-electron chi connectivity index (χ4n) is 0.803. The van der Waals surface area contributed by atoms with E-state index in [0.29, 0.717) is 0 Å². The van der Waals surface area contributed by atoms with Gasteiger partial charge in [-0.3, -0.25) is 4.79 Å². The summed E-state index contributed by atoms with van der Waals surface area (Å²) in [5.41, 5.74) is 0.817. The number of amides is 1. The van der Waals surface area contributed by atoms with E-state index in [4.69, 9.17) is 0 Å². The van der Waals surface area contributed by atoms with Crippen molar-refractivity contribution in [3.63, 3.8) is 0 Å². The molecular weight excluding hydrogens is 142 g/mol. The Balaban J connectivity index is 2.65. The normalized spacial score (nSPS) is 9.09. The molecule has 1 aromatic rings. The highest BCUT2D eigenvalue weighted by Gasteiger charge is 2.00. The molecule has 0 saturated carbocycles. The lowest BCUT2D eigenvalue weighted by molar-refractivity contribution is -0.117. The summed E-state index contributed by atoms with van der Waals surface area (Å²) in [7, 11) is 0. The molecule has 1 aromatic carbocycles. The molecule has 0 atom stereocenters. The first kappa shape index (κ1) is 7.60. The molecule has 1 amide bonds. The zero-order valence-electron chi connectivity index (χ0n) is 5.86. The molecule has 0 radical (unpaired) electrons. The largest absolute Gasteiger partial charge is 0.290 e. The lowest BCUT2D eigenvalue weighted by atomic mass is 10.1. The van der Waals surface area contributed by atoms with E-state index in [1.165, 1.54) is 0 Å². The number of carbonyl (C=O) groups excluding carboxylic acids is 1. The van der Waals surface area contributed by atoms with Crippen LogP contribution < -0.4 is 0 Å². The van der Waals surface area contributed by atoms with Gasteiger partial charge >= 0.3 is 0 Å². The number of hydrogen-bond acceptors (Lipinski definition) is 2. The van der Waals surface area contributed by atoms with E-state index in [9.17, 15) is 9.70 Å². The van der Waals surface area contributed by atoms with Crippen LogP contribution in [0.15, 0.2) is 35.5 Å². The monoisotopic (exact) mass is 149 g/mol. The standard InChI is InChI=1S/C8H7NO2/c10-8(9-11)6-7-4-2-1-3-5-7/h1-5H,6H2. The van der Waals surface area contributed by atoms with Crippen molar-refractivity contribution < 1.29 is 4.79 Å². The van der Waals surface area contributed by atoms with Crippen LogP contribution in [-0.4, -0.2) is 5.91 Å². The Labute approximate surface area is 64.0 Å². The number of benzene rings is 1. The number of carbonyl (C=O) groups is 1. The summed E-state index contributed by atoms with van der Waals surface area (Å²) in [6.45, 7) is 0. The zero-order chi connectivity index (χ0) is 8.10. The number of nitrogens with zero attached hydrogens (tertiary/aromatic N) is 1. The van der Waals surface area contributed by atoms with Gasteiger partial charge in [-0.05, 0) is 5.56 Å². The Morgan fingerprint density at radius 2 is 1.91 bits per heavy atom. The van der Waals surface area contributed by atoms with Crippen LogP contribution in [0.25, 0.3) is 0 Å². The highest BCUT2D eigenvalue weighted by Crippen LogP contribution is 1.99. The smallest absolute Gasteiger partial charge is 0.269 e. The number of hydrogen-bond donors (Lipinski definition) is 0. The third kappa shape index (κ3) is 2.29. The van der Waals surface area contributed by atoms with Crippen LogP contribution in [-0.2, 0) is 11.2 Å². The molecule has 0 aromatic heterocycles. The van der Waals surface area contributed by atoms with Gasteiger partial charge in [-0.15, -0.1) is 4.91 Å². The molecule has 0 aliphatic carbocycles. The third-order valence-corrected chi connectivity index (χ3v) is 1.30. The Morgan fingerprint density at radius 1 is 1.27 bits per heavy atom. The van der Waals surface area contributed by atoms with E-state index < -0.39 is 5.91 Å². The number of rotatable bonds is 2. The number of nitroso groups, excluding NO2 is 1. The molecule has 0 heterocycles. The lowest BCUT2D eigenvalue weighted by Gasteiger charge is -1.92. The van der Waals surface area contributed by atoms with Crippen LogP contribution in [0.2, 0.25) is 0 Å². The van der Waals surface area contributed by atoms with Crippen LogP contribution in [0, 0.1) is 4.91 Å². The van der Waals surface area contributed by atoms with Crippen molar-refractivity contribution in [3.05, 3.63) is 40.8 Å². The molecule has 56 valence electrons. The van der Waals surface area contributed by atoms with Gasteiger partial charge in [0.05, 0.1) is 6.42 Å². The van der Waals surface area contributed by atoms with Gasteiger partial charge < -0.3 is 0 Å². The van der Waals surface area contributed by atoms with Crippen LogP contribution in [0.3, 0.4) is 0 Å². The minimum absolute atomic E-state index is 0.102. The van der Waals surface area contributed by atoms with Gasteiger partial charge in [0.15, 0.2) is 0 Å². The van der Waals surface area contributed by atoms with Crippen LogP contribution in [0.1, 0.15) is 5.56 Å². The second kappa shape index (κ2) is 3.61. The van der Waals surface area contributed by atoms with Crippen LogP contribution in [0.4, 0.5) is 0 Å². The summed E-state index contributed by atoms with van der Waals surface area (Å²) >= 11 is 0. The average Bonchev–Trinajstić information content (AvgIpc) is 2.06. The highest BCUT2D eigenvalue weighted by molar-refractivity contribution is 5.79. The van der Waals surface area contributed by atoms with Gasteiger partial charge in [0.1, 0.15) is 0 Å². The molecule has 3 heteroatoms. The topological polar surface area (TPSA) is 46.5 Å².